The Kier molecular flexibility index (Phi) is 5.41. The molecular weight excluding hydrogens is 325 g/mol. The van der Waals surface area contributed by atoms with Crippen LogP contribution in [-0.4, -0.2) is 18.5 Å². The van der Waals surface area contributed by atoms with E-state index in [-0.39, 0.29) is 23.1 Å². The summed E-state index contributed by atoms with van der Waals surface area (Å²) in [5.41, 5.74) is 0.967. The molecule has 0 aliphatic rings. The molecule has 0 spiro atoms. The SMILES string of the molecule is CCOC(=O)c1cc(NC(=O)c2ccccc2Cl)ccc1Cl. The lowest BCUT2D eigenvalue weighted by molar-refractivity contribution is 0.0526. The van der Waals surface area contributed by atoms with Gasteiger partial charge in [0.05, 0.1) is 27.8 Å². The van der Waals surface area contributed by atoms with E-state index in [2.05, 4.69) is 5.32 Å². The first-order valence-corrected chi connectivity index (χ1v) is 7.31. The van der Waals surface area contributed by atoms with Gasteiger partial charge in [0, 0.05) is 5.69 Å². The summed E-state index contributed by atoms with van der Waals surface area (Å²) in [6.45, 7) is 1.94. The molecule has 0 fully saturated rings. The highest BCUT2D eigenvalue weighted by atomic mass is 35.5. The maximum atomic E-state index is 12.2. The van der Waals surface area contributed by atoms with Gasteiger partial charge in [-0.2, -0.15) is 0 Å². The zero-order valence-corrected chi connectivity index (χ0v) is 13.2. The number of rotatable bonds is 4. The van der Waals surface area contributed by atoms with E-state index < -0.39 is 5.97 Å². The average molecular weight is 338 g/mol. The second-order valence-corrected chi connectivity index (χ2v) is 5.16. The highest BCUT2D eigenvalue weighted by Gasteiger charge is 2.14. The minimum atomic E-state index is -0.540. The van der Waals surface area contributed by atoms with Gasteiger partial charge < -0.3 is 10.1 Å². The van der Waals surface area contributed by atoms with Gasteiger partial charge >= 0.3 is 5.97 Å². The van der Waals surface area contributed by atoms with Gasteiger partial charge in [-0.3, -0.25) is 4.79 Å². The fourth-order valence-electron chi connectivity index (χ4n) is 1.81. The zero-order valence-electron chi connectivity index (χ0n) is 11.7. The van der Waals surface area contributed by atoms with E-state index >= 15 is 0 Å². The van der Waals surface area contributed by atoms with Gasteiger partial charge in [-0.1, -0.05) is 35.3 Å². The number of amides is 1. The Bertz CT molecular complexity index is 716. The van der Waals surface area contributed by atoms with Crippen molar-refractivity contribution in [3.8, 4) is 0 Å². The zero-order chi connectivity index (χ0) is 16.1. The molecule has 0 radical (unpaired) electrons. The van der Waals surface area contributed by atoms with Gasteiger partial charge in [0.15, 0.2) is 0 Å². The molecule has 0 saturated carbocycles. The molecule has 2 aromatic rings. The van der Waals surface area contributed by atoms with Crippen LogP contribution in [0, 0.1) is 0 Å². The maximum absolute atomic E-state index is 12.2. The smallest absolute Gasteiger partial charge is 0.339 e. The maximum Gasteiger partial charge on any atom is 0.339 e. The molecule has 4 nitrogen and oxygen atoms in total. The summed E-state index contributed by atoms with van der Waals surface area (Å²) in [4.78, 5) is 24.0. The number of hydrogen-bond acceptors (Lipinski definition) is 3. The number of benzene rings is 2. The third-order valence-electron chi connectivity index (χ3n) is 2.84. The molecular formula is C16H13Cl2NO3. The summed E-state index contributed by atoms with van der Waals surface area (Å²) in [7, 11) is 0. The second kappa shape index (κ2) is 7.29. The topological polar surface area (TPSA) is 55.4 Å². The summed E-state index contributed by atoms with van der Waals surface area (Å²) in [6.07, 6.45) is 0. The van der Waals surface area contributed by atoms with Crippen molar-refractivity contribution in [2.75, 3.05) is 11.9 Å². The highest BCUT2D eigenvalue weighted by Crippen LogP contribution is 2.23. The van der Waals surface area contributed by atoms with Crippen molar-refractivity contribution in [3.63, 3.8) is 0 Å². The van der Waals surface area contributed by atoms with Crippen LogP contribution >= 0.6 is 23.2 Å². The summed E-state index contributed by atoms with van der Waals surface area (Å²) in [5, 5.41) is 3.28. The molecule has 114 valence electrons. The van der Waals surface area contributed by atoms with Gasteiger partial charge in [-0.15, -0.1) is 0 Å². The number of carbonyl (C=O) groups excluding carboxylic acids is 2. The van der Waals surface area contributed by atoms with E-state index in [0.717, 1.165) is 0 Å². The Hall–Kier alpha value is -2.04. The number of anilines is 1. The average Bonchev–Trinajstić information content (AvgIpc) is 2.49. The predicted octanol–water partition coefficient (Wildman–Crippen LogP) is 4.42. The van der Waals surface area contributed by atoms with Crippen molar-refractivity contribution in [2.24, 2.45) is 0 Å². The number of carbonyl (C=O) groups is 2. The van der Waals surface area contributed by atoms with Crippen LogP contribution in [0.1, 0.15) is 27.6 Å². The number of halogens is 2. The highest BCUT2D eigenvalue weighted by molar-refractivity contribution is 6.35. The van der Waals surface area contributed by atoms with Gasteiger partial charge in [-0.25, -0.2) is 4.79 Å². The minimum Gasteiger partial charge on any atom is -0.462 e. The Labute approximate surface area is 138 Å². The normalized spacial score (nSPS) is 10.1. The molecule has 6 heteroatoms. The standard InChI is InChI=1S/C16H13Cl2NO3/c1-2-22-16(21)12-9-10(7-8-14(12)18)19-15(20)11-5-3-4-6-13(11)17/h3-9H,2H2,1H3,(H,19,20). The Balaban J connectivity index is 2.23. The van der Waals surface area contributed by atoms with Crippen LogP contribution in [-0.2, 0) is 4.74 Å². The van der Waals surface area contributed by atoms with Gasteiger partial charge in [0.25, 0.3) is 5.91 Å². The lowest BCUT2D eigenvalue weighted by Gasteiger charge is -2.09. The number of esters is 1. The van der Waals surface area contributed by atoms with Crippen molar-refractivity contribution < 1.29 is 14.3 Å². The third-order valence-corrected chi connectivity index (χ3v) is 3.50. The summed E-state index contributed by atoms with van der Waals surface area (Å²) in [6, 6.07) is 11.3. The van der Waals surface area contributed by atoms with E-state index in [1.54, 1.807) is 37.3 Å². The van der Waals surface area contributed by atoms with Crippen LogP contribution < -0.4 is 5.32 Å². The predicted molar refractivity (Wildman–Crippen MR) is 86.8 cm³/mol. The van der Waals surface area contributed by atoms with Crippen LogP contribution in [0.25, 0.3) is 0 Å². The van der Waals surface area contributed by atoms with Crippen molar-refractivity contribution in [2.45, 2.75) is 6.92 Å². The molecule has 0 bridgehead atoms. The second-order valence-electron chi connectivity index (χ2n) is 4.35. The molecule has 22 heavy (non-hydrogen) atoms. The molecule has 2 aromatic carbocycles. The molecule has 0 atom stereocenters. The molecule has 1 amide bonds. The molecule has 0 heterocycles. The van der Waals surface area contributed by atoms with Crippen LogP contribution in [0.3, 0.4) is 0 Å². The van der Waals surface area contributed by atoms with E-state index in [9.17, 15) is 9.59 Å². The van der Waals surface area contributed by atoms with Gasteiger partial charge in [0.1, 0.15) is 0 Å². The van der Waals surface area contributed by atoms with Crippen molar-refractivity contribution in [3.05, 3.63) is 63.6 Å². The van der Waals surface area contributed by atoms with Crippen LogP contribution in [0.5, 0.6) is 0 Å². The Morgan fingerprint density at radius 2 is 1.73 bits per heavy atom. The van der Waals surface area contributed by atoms with Crippen LogP contribution in [0.4, 0.5) is 5.69 Å². The number of hydrogen-bond donors (Lipinski definition) is 1. The molecule has 0 aliphatic heterocycles. The quantitative estimate of drug-likeness (QED) is 0.840. The van der Waals surface area contributed by atoms with E-state index in [0.29, 0.717) is 16.3 Å². The number of ether oxygens (including phenoxy) is 1. The number of nitrogens with one attached hydrogen (secondary N) is 1. The monoisotopic (exact) mass is 337 g/mol. The molecule has 0 aromatic heterocycles. The molecule has 0 unspecified atom stereocenters. The first-order valence-electron chi connectivity index (χ1n) is 6.55. The molecule has 0 saturated heterocycles. The summed E-state index contributed by atoms with van der Waals surface area (Å²) in [5.74, 6) is -0.913. The Morgan fingerprint density at radius 3 is 2.41 bits per heavy atom. The minimum absolute atomic E-state index is 0.195. The molecule has 1 N–H and O–H groups in total. The van der Waals surface area contributed by atoms with Gasteiger partial charge in [0.2, 0.25) is 0 Å². The largest absolute Gasteiger partial charge is 0.462 e. The van der Waals surface area contributed by atoms with E-state index in [1.165, 1.54) is 12.1 Å². The van der Waals surface area contributed by atoms with E-state index in [1.807, 2.05) is 0 Å². The van der Waals surface area contributed by atoms with Crippen LogP contribution in [0.2, 0.25) is 10.0 Å². The first kappa shape index (κ1) is 16.3. The fourth-order valence-corrected chi connectivity index (χ4v) is 2.23. The summed E-state index contributed by atoms with van der Waals surface area (Å²) >= 11 is 11.9. The van der Waals surface area contributed by atoms with Crippen molar-refractivity contribution in [1.82, 2.24) is 0 Å². The first-order chi connectivity index (χ1) is 10.5. The van der Waals surface area contributed by atoms with E-state index in [4.69, 9.17) is 27.9 Å². The fraction of sp³-hybridized carbons (Fsp3) is 0.125. The van der Waals surface area contributed by atoms with Crippen molar-refractivity contribution >= 4 is 40.8 Å². The van der Waals surface area contributed by atoms with Crippen LogP contribution in [0.15, 0.2) is 42.5 Å². The Morgan fingerprint density at radius 1 is 1.05 bits per heavy atom. The van der Waals surface area contributed by atoms with Gasteiger partial charge in [-0.05, 0) is 37.3 Å². The molecule has 2 rings (SSSR count). The third kappa shape index (κ3) is 3.78. The summed E-state index contributed by atoms with van der Waals surface area (Å²) < 4.78 is 4.92. The lowest BCUT2D eigenvalue weighted by atomic mass is 10.1. The lowest BCUT2D eigenvalue weighted by Crippen LogP contribution is -2.13. The molecule has 0 aliphatic carbocycles. The van der Waals surface area contributed by atoms with Crippen molar-refractivity contribution in [1.29, 1.82) is 0 Å².